The Morgan fingerprint density at radius 2 is 2.07 bits per heavy atom. The van der Waals surface area contributed by atoms with Crippen LogP contribution in [0, 0.1) is 18.8 Å². The molecule has 2 aliphatic heterocycles. The number of carbonyl (C=O) groups is 1. The molecule has 4 atom stereocenters. The van der Waals surface area contributed by atoms with E-state index in [0.717, 1.165) is 21.2 Å². The van der Waals surface area contributed by atoms with Crippen molar-refractivity contribution < 1.29 is 24.1 Å². The first-order valence-electron chi connectivity index (χ1n) is 10.2. The van der Waals surface area contributed by atoms with E-state index in [1.807, 2.05) is 51.1 Å². The Hall–Kier alpha value is -2.05. The summed E-state index contributed by atoms with van der Waals surface area (Å²) in [5, 5.41) is 9.97. The largest absolute Gasteiger partial charge is 0.493 e. The van der Waals surface area contributed by atoms with Gasteiger partial charge in [0.1, 0.15) is 5.60 Å². The summed E-state index contributed by atoms with van der Waals surface area (Å²) < 4.78 is 19.4. The molecule has 0 unspecified atom stereocenters. The van der Waals surface area contributed by atoms with Gasteiger partial charge in [-0.25, -0.2) is 0 Å². The summed E-state index contributed by atoms with van der Waals surface area (Å²) in [5.41, 5.74) is 2.56. The molecule has 0 amide bonds. The summed E-state index contributed by atoms with van der Waals surface area (Å²) in [5.74, 6) is -0.177. The van der Waals surface area contributed by atoms with Crippen molar-refractivity contribution >= 4 is 21.9 Å². The number of rotatable bonds is 4. The van der Waals surface area contributed by atoms with Crippen LogP contribution in [0.1, 0.15) is 43.1 Å². The lowest BCUT2D eigenvalue weighted by Gasteiger charge is -2.50. The van der Waals surface area contributed by atoms with Gasteiger partial charge < -0.3 is 19.3 Å². The molecule has 2 aromatic rings. The van der Waals surface area contributed by atoms with Gasteiger partial charge in [-0.05, 0) is 51.3 Å². The average Bonchev–Trinajstić information content (AvgIpc) is 2.67. The SMILES string of the molecule is COc1cc(Br)cc2c1OC(C)(C)[C@H]1C[C@H](C(=O)O)[C@H](Cc3cccc(C)c3)O[C@H]21. The van der Waals surface area contributed by atoms with Crippen molar-refractivity contribution in [1.29, 1.82) is 0 Å². The second-order valence-electron chi connectivity index (χ2n) is 8.81. The predicted octanol–water partition coefficient (Wildman–Crippen LogP) is 5.33. The summed E-state index contributed by atoms with van der Waals surface area (Å²) in [7, 11) is 1.62. The molecule has 0 bridgehead atoms. The van der Waals surface area contributed by atoms with E-state index in [1.165, 1.54) is 0 Å². The number of hydrogen-bond acceptors (Lipinski definition) is 4. The van der Waals surface area contributed by atoms with Crippen LogP contribution in [-0.2, 0) is 16.0 Å². The molecule has 0 saturated carbocycles. The molecule has 2 heterocycles. The molecule has 1 N–H and O–H groups in total. The van der Waals surface area contributed by atoms with Crippen LogP contribution in [0.15, 0.2) is 40.9 Å². The first-order valence-corrected chi connectivity index (χ1v) is 11.0. The lowest BCUT2D eigenvalue weighted by atomic mass is 9.71. The number of aryl methyl sites for hydroxylation is 1. The Labute approximate surface area is 185 Å². The van der Waals surface area contributed by atoms with Crippen LogP contribution in [0.4, 0.5) is 0 Å². The molecule has 0 aliphatic carbocycles. The van der Waals surface area contributed by atoms with Gasteiger partial charge in [0.25, 0.3) is 0 Å². The van der Waals surface area contributed by atoms with Gasteiger partial charge in [-0.3, -0.25) is 4.79 Å². The number of halogens is 1. The van der Waals surface area contributed by atoms with Crippen LogP contribution in [0.3, 0.4) is 0 Å². The summed E-state index contributed by atoms with van der Waals surface area (Å²) >= 11 is 3.55. The topological polar surface area (TPSA) is 65.0 Å². The lowest BCUT2D eigenvalue weighted by Crippen LogP contribution is -2.52. The molecule has 5 nitrogen and oxygen atoms in total. The quantitative estimate of drug-likeness (QED) is 0.648. The Kier molecular flexibility index (Phi) is 5.58. The second kappa shape index (κ2) is 7.89. The zero-order valence-electron chi connectivity index (χ0n) is 17.6. The zero-order valence-corrected chi connectivity index (χ0v) is 19.2. The van der Waals surface area contributed by atoms with Crippen molar-refractivity contribution in [2.75, 3.05) is 7.11 Å². The molecular weight excluding hydrogens is 448 g/mol. The first-order chi connectivity index (χ1) is 14.2. The Morgan fingerprint density at radius 3 is 2.73 bits per heavy atom. The van der Waals surface area contributed by atoms with Crippen molar-refractivity contribution in [1.82, 2.24) is 0 Å². The van der Waals surface area contributed by atoms with Gasteiger partial charge in [-0.1, -0.05) is 45.8 Å². The van der Waals surface area contributed by atoms with Crippen molar-refractivity contribution in [3.63, 3.8) is 0 Å². The number of carboxylic acid groups (broad SMARTS) is 1. The first kappa shape index (κ1) is 21.2. The fourth-order valence-corrected chi connectivity index (χ4v) is 5.24. The third kappa shape index (κ3) is 3.83. The number of aliphatic carboxylic acids is 1. The molecule has 30 heavy (non-hydrogen) atoms. The van der Waals surface area contributed by atoms with Crippen molar-refractivity contribution in [2.24, 2.45) is 11.8 Å². The van der Waals surface area contributed by atoms with E-state index in [2.05, 4.69) is 22.0 Å². The van der Waals surface area contributed by atoms with E-state index in [1.54, 1.807) is 7.11 Å². The van der Waals surface area contributed by atoms with E-state index in [4.69, 9.17) is 14.2 Å². The summed E-state index contributed by atoms with van der Waals surface area (Å²) in [6.45, 7) is 6.04. The molecular formula is C24H27BrO5. The van der Waals surface area contributed by atoms with Gasteiger partial charge in [0.2, 0.25) is 0 Å². The van der Waals surface area contributed by atoms with Crippen molar-refractivity contribution in [3.8, 4) is 11.5 Å². The highest BCUT2D eigenvalue weighted by Crippen LogP contribution is 2.55. The van der Waals surface area contributed by atoms with E-state index >= 15 is 0 Å². The summed E-state index contributed by atoms with van der Waals surface area (Å²) in [4.78, 5) is 12.2. The third-order valence-electron chi connectivity index (χ3n) is 6.31. The maximum Gasteiger partial charge on any atom is 0.309 e. The van der Waals surface area contributed by atoms with Gasteiger partial charge in [0.15, 0.2) is 11.5 Å². The standard InChI is InChI=1S/C24H27BrO5/c1-13-6-5-7-14(8-13)9-19-16(23(26)27)12-18-21(29-19)17-10-15(25)11-20(28-4)22(17)30-24(18,2)3/h5-8,10-11,16,18-19,21H,9,12H2,1-4H3,(H,26,27)/t16-,18-,19-,21+/m0/s1. The van der Waals surface area contributed by atoms with Crippen LogP contribution < -0.4 is 9.47 Å². The van der Waals surface area contributed by atoms with E-state index in [-0.39, 0.29) is 12.0 Å². The Morgan fingerprint density at radius 1 is 1.30 bits per heavy atom. The molecule has 6 heteroatoms. The number of benzene rings is 2. The average molecular weight is 475 g/mol. The van der Waals surface area contributed by atoms with E-state index < -0.39 is 23.6 Å². The van der Waals surface area contributed by atoms with Gasteiger partial charge in [0.05, 0.1) is 25.2 Å². The molecule has 2 aromatic carbocycles. The molecule has 0 spiro atoms. The number of ether oxygens (including phenoxy) is 3. The molecule has 1 fully saturated rings. The number of carboxylic acids is 1. The predicted molar refractivity (Wildman–Crippen MR) is 117 cm³/mol. The van der Waals surface area contributed by atoms with E-state index in [0.29, 0.717) is 24.3 Å². The minimum absolute atomic E-state index is 0.0844. The van der Waals surface area contributed by atoms with Gasteiger partial charge >= 0.3 is 5.97 Å². The normalized spacial score (nSPS) is 26.8. The van der Waals surface area contributed by atoms with Gasteiger partial charge in [-0.2, -0.15) is 0 Å². The maximum absolute atomic E-state index is 12.2. The molecule has 2 aliphatic rings. The number of methoxy groups -OCH3 is 1. The second-order valence-corrected chi connectivity index (χ2v) is 9.72. The van der Waals surface area contributed by atoms with E-state index in [9.17, 15) is 9.90 Å². The monoisotopic (exact) mass is 474 g/mol. The van der Waals surface area contributed by atoms with Gasteiger partial charge in [0, 0.05) is 16.0 Å². The van der Waals surface area contributed by atoms with Crippen LogP contribution in [0.2, 0.25) is 0 Å². The fourth-order valence-electron chi connectivity index (χ4n) is 4.79. The molecule has 1 saturated heterocycles. The number of fused-ring (bicyclic) bond motifs is 3. The molecule has 0 radical (unpaired) electrons. The Balaban J connectivity index is 1.75. The number of hydrogen-bond donors (Lipinski definition) is 1. The van der Waals surface area contributed by atoms with Crippen LogP contribution in [0.5, 0.6) is 11.5 Å². The minimum atomic E-state index is -0.820. The summed E-state index contributed by atoms with van der Waals surface area (Å²) in [6.07, 6.45) is 0.374. The van der Waals surface area contributed by atoms with Crippen LogP contribution >= 0.6 is 15.9 Å². The van der Waals surface area contributed by atoms with Crippen molar-refractivity contribution in [2.45, 2.75) is 51.4 Å². The smallest absolute Gasteiger partial charge is 0.309 e. The Bertz CT molecular complexity index is 970. The minimum Gasteiger partial charge on any atom is -0.493 e. The third-order valence-corrected chi connectivity index (χ3v) is 6.77. The lowest BCUT2D eigenvalue weighted by molar-refractivity contribution is -0.187. The molecule has 0 aromatic heterocycles. The fraction of sp³-hybridized carbons (Fsp3) is 0.458. The summed E-state index contributed by atoms with van der Waals surface area (Å²) in [6, 6.07) is 12.0. The zero-order chi connectivity index (χ0) is 21.6. The molecule has 160 valence electrons. The highest BCUT2D eigenvalue weighted by molar-refractivity contribution is 9.10. The van der Waals surface area contributed by atoms with Crippen LogP contribution in [0.25, 0.3) is 0 Å². The van der Waals surface area contributed by atoms with Gasteiger partial charge in [-0.15, -0.1) is 0 Å². The highest BCUT2D eigenvalue weighted by Gasteiger charge is 2.52. The molecule has 4 rings (SSSR count). The highest BCUT2D eigenvalue weighted by atomic mass is 79.9. The van der Waals surface area contributed by atoms with Crippen molar-refractivity contribution in [3.05, 3.63) is 57.6 Å². The van der Waals surface area contributed by atoms with Crippen LogP contribution in [-0.4, -0.2) is 29.9 Å². The maximum atomic E-state index is 12.2.